The van der Waals surface area contributed by atoms with Gasteiger partial charge in [0.1, 0.15) is 5.69 Å². The lowest BCUT2D eigenvalue weighted by molar-refractivity contribution is 0.629. The van der Waals surface area contributed by atoms with E-state index in [9.17, 15) is 4.39 Å². The number of aryl methyl sites for hydroxylation is 1. The quantitative estimate of drug-likeness (QED) is 0.610. The highest BCUT2D eigenvalue weighted by molar-refractivity contribution is 7.19. The first-order valence-corrected chi connectivity index (χ1v) is 7.52. The van der Waals surface area contributed by atoms with Crippen LogP contribution in [0.3, 0.4) is 0 Å². The molecule has 1 N–H and O–H groups in total. The molecular weight excluding hydrogens is 327 g/mol. The second-order valence-electron chi connectivity index (χ2n) is 4.66. The van der Waals surface area contributed by atoms with Crippen LogP contribution in [-0.2, 0) is 0 Å². The summed E-state index contributed by atoms with van der Waals surface area (Å²) in [6.45, 7) is 1.91. The normalized spacial score (nSPS) is 11.4. The molecule has 0 radical (unpaired) electrons. The zero-order valence-corrected chi connectivity index (χ0v) is 12.8. The van der Waals surface area contributed by atoms with Crippen LogP contribution >= 0.6 is 22.9 Å². The van der Waals surface area contributed by atoms with Crippen LogP contribution in [-0.4, -0.2) is 30.0 Å². The fourth-order valence-electron chi connectivity index (χ4n) is 2.09. The molecule has 0 saturated carbocycles. The van der Waals surface area contributed by atoms with Gasteiger partial charge in [0.05, 0.1) is 10.6 Å². The molecule has 4 aromatic rings. The van der Waals surface area contributed by atoms with Gasteiger partial charge in [0.15, 0.2) is 16.6 Å². The van der Waals surface area contributed by atoms with Crippen LogP contribution in [0, 0.1) is 12.7 Å². The highest BCUT2D eigenvalue weighted by atomic mass is 35.5. The van der Waals surface area contributed by atoms with Crippen molar-refractivity contribution >= 4 is 27.9 Å². The second kappa shape index (κ2) is 4.85. The van der Waals surface area contributed by atoms with Gasteiger partial charge in [0.25, 0.3) is 0 Å². The second-order valence-corrected chi connectivity index (χ2v) is 6.03. The first-order chi connectivity index (χ1) is 10.6. The summed E-state index contributed by atoms with van der Waals surface area (Å²) in [5, 5.41) is 20.2. The van der Waals surface area contributed by atoms with Crippen LogP contribution in [0.1, 0.15) is 5.69 Å². The van der Waals surface area contributed by atoms with Gasteiger partial charge in [0, 0.05) is 5.69 Å². The number of fused-ring (bicyclic) bond motifs is 1. The Hall–Kier alpha value is -2.32. The Morgan fingerprint density at radius 3 is 2.95 bits per heavy atom. The van der Waals surface area contributed by atoms with E-state index in [1.54, 1.807) is 12.1 Å². The largest absolute Gasteiger partial charge is 0.282 e. The molecule has 4 rings (SSSR count). The molecule has 0 amide bonds. The minimum Gasteiger partial charge on any atom is -0.282 e. The van der Waals surface area contributed by atoms with E-state index in [1.165, 1.54) is 21.9 Å². The minimum atomic E-state index is -0.538. The summed E-state index contributed by atoms with van der Waals surface area (Å²) in [6.07, 6.45) is 0. The van der Waals surface area contributed by atoms with Crippen LogP contribution in [0.25, 0.3) is 27.1 Å². The number of aromatic nitrogens is 6. The maximum atomic E-state index is 14.2. The Morgan fingerprint density at radius 1 is 1.32 bits per heavy atom. The molecule has 110 valence electrons. The van der Waals surface area contributed by atoms with Crippen molar-refractivity contribution in [1.29, 1.82) is 0 Å². The van der Waals surface area contributed by atoms with Gasteiger partial charge in [-0.3, -0.25) is 5.10 Å². The van der Waals surface area contributed by atoms with Gasteiger partial charge in [-0.15, -0.1) is 10.2 Å². The zero-order chi connectivity index (χ0) is 15.3. The van der Waals surface area contributed by atoms with Crippen molar-refractivity contribution in [3.8, 4) is 22.1 Å². The molecule has 22 heavy (non-hydrogen) atoms. The smallest absolute Gasteiger partial charge is 0.235 e. The molecule has 0 unspecified atom stereocenters. The molecule has 9 heteroatoms. The van der Waals surface area contributed by atoms with Gasteiger partial charge in [-0.1, -0.05) is 29.0 Å². The molecule has 0 fully saturated rings. The van der Waals surface area contributed by atoms with Gasteiger partial charge in [-0.25, -0.2) is 4.39 Å². The SMILES string of the molecule is Cc1cc(-c2nn3c(-c4cccc(Cl)c4F)nnc3s2)n[nH]1. The number of hydrogen-bond donors (Lipinski definition) is 1. The molecule has 0 atom stereocenters. The Bertz CT molecular complexity index is 988. The maximum absolute atomic E-state index is 14.2. The van der Waals surface area contributed by atoms with E-state index in [0.29, 0.717) is 21.5 Å². The molecule has 0 aliphatic heterocycles. The minimum absolute atomic E-state index is 0.0348. The Morgan fingerprint density at radius 2 is 2.18 bits per heavy atom. The summed E-state index contributed by atoms with van der Waals surface area (Å²) in [6, 6.07) is 6.62. The van der Waals surface area contributed by atoms with Gasteiger partial charge < -0.3 is 0 Å². The highest BCUT2D eigenvalue weighted by Crippen LogP contribution is 2.30. The van der Waals surface area contributed by atoms with Crippen molar-refractivity contribution in [3.63, 3.8) is 0 Å². The fraction of sp³-hybridized carbons (Fsp3) is 0.0769. The third kappa shape index (κ3) is 1.99. The molecule has 0 bridgehead atoms. The predicted molar refractivity (Wildman–Crippen MR) is 81.4 cm³/mol. The van der Waals surface area contributed by atoms with Crippen molar-refractivity contribution in [3.05, 3.63) is 40.8 Å². The number of nitrogens with zero attached hydrogens (tertiary/aromatic N) is 5. The number of aromatic amines is 1. The molecular formula is C13H8ClFN6S. The molecule has 3 heterocycles. The number of halogens is 2. The molecule has 0 aliphatic rings. The Labute approximate surface area is 132 Å². The van der Waals surface area contributed by atoms with Gasteiger partial charge in [-0.05, 0) is 25.1 Å². The summed E-state index contributed by atoms with van der Waals surface area (Å²) in [4.78, 5) is 0.560. The van der Waals surface area contributed by atoms with E-state index in [2.05, 4.69) is 25.5 Å². The highest BCUT2D eigenvalue weighted by Gasteiger charge is 2.19. The number of benzene rings is 1. The maximum Gasteiger partial charge on any atom is 0.235 e. The van der Waals surface area contributed by atoms with Crippen LogP contribution in [0.2, 0.25) is 5.02 Å². The lowest BCUT2D eigenvalue weighted by Gasteiger charge is -2.00. The molecule has 0 aliphatic carbocycles. The first kappa shape index (κ1) is 13.4. The van der Waals surface area contributed by atoms with Crippen molar-refractivity contribution in [2.45, 2.75) is 6.92 Å². The molecule has 0 saturated heterocycles. The van der Waals surface area contributed by atoms with E-state index >= 15 is 0 Å². The van der Waals surface area contributed by atoms with E-state index < -0.39 is 5.82 Å². The van der Waals surface area contributed by atoms with Crippen molar-refractivity contribution < 1.29 is 4.39 Å². The average molecular weight is 335 g/mol. The number of rotatable bonds is 2. The summed E-state index contributed by atoms with van der Waals surface area (Å²) in [7, 11) is 0. The fourth-order valence-corrected chi connectivity index (χ4v) is 3.07. The summed E-state index contributed by atoms with van der Waals surface area (Å²) in [5.41, 5.74) is 1.91. The molecule has 0 spiro atoms. The summed E-state index contributed by atoms with van der Waals surface area (Å²) >= 11 is 7.15. The van der Waals surface area contributed by atoms with Crippen molar-refractivity contribution in [2.24, 2.45) is 0 Å². The lowest BCUT2D eigenvalue weighted by atomic mass is 10.2. The van der Waals surface area contributed by atoms with E-state index in [1.807, 2.05) is 13.0 Å². The topological polar surface area (TPSA) is 71.8 Å². The van der Waals surface area contributed by atoms with E-state index in [0.717, 1.165) is 5.69 Å². The van der Waals surface area contributed by atoms with Crippen LogP contribution < -0.4 is 0 Å². The summed E-state index contributed by atoms with van der Waals surface area (Å²) in [5.74, 6) is -0.228. The molecule has 6 nitrogen and oxygen atoms in total. The zero-order valence-electron chi connectivity index (χ0n) is 11.2. The molecule has 1 aromatic carbocycles. The Balaban J connectivity index is 1.89. The van der Waals surface area contributed by atoms with E-state index in [4.69, 9.17) is 11.6 Å². The average Bonchev–Trinajstić information content (AvgIpc) is 3.17. The van der Waals surface area contributed by atoms with Crippen LogP contribution in [0.5, 0.6) is 0 Å². The van der Waals surface area contributed by atoms with E-state index in [-0.39, 0.29) is 10.6 Å². The van der Waals surface area contributed by atoms with Crippen LogP contribution in [0.4, 0.5) is 4.39 Å². The van der Waals surface area contributed by atoms with Gasteiger partial charge in [0.2, 0.25) is 4.96 Å². The Kier molecular flexibility index (Phi) is 2.95. The van der Waals surface area contributed by atoms with Crippen molar-refractivity contribution in [2.75, 3.05) is 0 Å². The third-order valence-corrected chi connectivity index (χ3v) is 4.32. The van der Waals surface area contributed by atoms with Crippen LogP contribution in [0.15, 0.2) is 24.3 Å². The lowest BCUT2D eigenvalue weighted by Crippen LogP contribution is -1.94. The monoisotopic (exact) mass is 334 g/mol. The first-order valence-electron chi connectivity index (χ1n) is 6.32. The number of H-pyrrole nitrogens is 1. The molecule has 3 aromatic heterocycles. The standard InChI is InChI=1S/C13H8ClFN6S/c1-6-5-9(17-16-6)12-20-21-11(18-19-13(21)22-12)7-3-2-4-8(14)10(7)15/h2-5H,1H3,(H,16,17). The third-order valence-electron chi connectivity index (χ3n) is 3.11. The predicted octanol–water partition coefficient (Wildman–Crippen LogP) is 3.34. The van der Waals surface area contributed by atoms with Gasteiger partial charge in [-0.2, -0.15) is 14.7 Å². The summed E-state index contributed by atoms with van der Waals surface area (Å²) < 4.78 is 15.7. The number of hydrogen-bond acceptors (Lipinski definition) is 5. The number of nitrogens with one attached hydrogen (secondary N) is 1. The van der Waals surface area contributed by atoms with Crippen molar-refractivity contribution in [1.82, 2.24) is 30.0 Å². The van der Waals surface area contributed by atoms with Gasteiger partial charge >= 0.3 is 0 Å².